The smallest absolute Gasteiger partial charge is 0.179 e. The minimum atomic E-state index is -0.191. The molecule has 0 aliphatic carbocycles. The van der Waals surface area contributed by atoms with E-state index in [4.69, 9.17) is 38.4 Å². The van der Waals surface area contributed by atoms with Gasteiger partial charge in [0.25, 0.3) is 0 Å². The molecule has 2 aromatic carbocycles. The fourth-order valence-electron chi connectivity index (χ4n) is 2.14. The van der Waals surface area contributed by atoms with Crippen molar-refractivity contribution in [1.29, 1.82) is 0 Å². The number of rotatable bonds is 5. The Morgan fingerprint density at radius 3 is 2.29 bits per heavy atom. The van der Waals surface area contributed by atoms with Crippen LogP contribution in [0.15, 0.2) is 36.4 Å². The molecule has 0 fully saturated rings. The van der Waals surface area contributed by atoms with Crippen LogP contribution in [-0.4, -0.2) is 14.2 Å². The Hall–Kier alpha value is -1.42. The van der Waals surface area contributed by atoms with Gasteiger partial charge in [0.05, 0.1) is 19.2 Å². The van der Waals surface area contributed by atoms with E-state index in [2.05, 4.69) is 0 Å². The van der Waals surface area contributed by atoms with Crippen LogP contribution in [0.25, 0.3) is 0 Å². The Balaban J connectivity index is 2.24. The SMILES string of the molecule is COc1cc(C(N)Cc2ccc(Cl)cc2)cc(Cl)c1OC. The van der Waals surface area contributed by atoms with E-state index in [1.807, 2.05) is 36.4 Å². The van der Waals surface area contributed by atoms with Crippen molar-refractivity contribution in [3.05, 3.63) is 57.6 Å². The maximum Gasteiger partial charge on any atom is 0.179 e. The zero-order chi connectivity index (χ0) is 15.4. The lowest BCUT2D eigenvalue weighted by Crippen LogP contribution is -2.13. The van der Waals surface area contributed by atoms with Crippen molar-refractivity contribution in [3.8, 4) is 11.5 Å². The summed E-state index contributed by atoms with van der Waals surface area (Å²) in [4.78, 5) is 0. The topological polar surface area (TPSA) is 44.5 Å². The monoisotopic (exact) mass is 325 g/mol. The average Bonchev–Trinajstić information content (AvgIpc) is 2.48. The Bertz CT molecular complexity index is 614. The summed E-state index contributed by atoms with van der Waals surface area (Å²) in [6, 6.07) is 11.1. The van der Waals surface area contributed by atoms with Crippen molar-refractivity contribution in [1.82, 2.24) is 0 Å². The molecule has 0 radical (unpaired) electrons. The second kappa shape index (κ2) is 7.03. The molecule has 0 aromatic heterocycles. The fraction of sp³-hybridized carbons (Fsp3) is 0.250. The predicted octanol–water partition coefficient (Wildman–Crippen LogP) is 4.25. The highest BCUT2D eigenvalue weighted by Gasteiger charge is 2.15. The highest BCUT2D eigenvalue weighted by molar-refractivity contribution is 6.32. The molecule has 0 spiro atoms. The zero-order valence-corrected chi connectivity index (χ0v) is 13.4. The molecule has 0 bridgehead atoms. The third kappa shape index (κ3) is 3.82. The van der Waals surface area contributed by atoms with Gasteiger partial charge in [-0.05, 0) is 41.8 Å². The summed E-state index contributed by atoms with van der Waals surface area (Å²) in [5.74, 6) is 1.09. The maximum absolute atomic E-state index is 6.26. The summed E-state index contributed by atoms with van der Waals surface area (Å²) < 4.78 is 10.5. The van der Waals surface area contributed by atoms with Gasteiger partial charge in [-0.3, -0.25) is 0 Å². The largest absolute Gasteiger partial charge is 0.493 e. The number of benzene rings is 2. The number of halogens is 2. The van der Waals surface area contributed by atoms with Crippen LogP contribution < -0.4 is 15.2 Å². The first kappa shape index (κ1) is 16.0. The average molecular weight is 326 g/mol. The van der Waals surface area contributed by atoms with Crippen LogP contribution in [0, 0.1) is 0 Å². The summed E-state index contributed by atoms with van der Waals surface area (Å²) in [5, 5.41) is 1.19. The molecule has 1 unspecified atom stereocenters. The minimum Gasteiger partial charge on any atom is -0.493 e. The van der Waals surface area contributed by atoms with Crippen molar-refractivity contribution in [2.24, 2.45) is 5.73 Å². The first-order valence-corrected chi connectivity index (χ1v) is 7.22. The van der Waals surface area contributed by atoms with Gasteiger partial charge in [-0.15, -0.1) is 0 Å². The molecule has 2 rings (SSSR count). The quantitative estimate of drug-likeness (QED) is 0.893. The van der Waals surface area contributed by atoms with Gasteiger partial charge in [0.15, 0.2) is 11.5 Å². The lowest BCUT2D eigenvalue weighted by Gasteiger charge is -2.16. The first-order chi connectivity index (χ1) is 10.0. The van der Waals surface area contributed by atoms with E-state index in [0.717, 1.165) is 11.1 Å². The summed E-state index contributed by atoms with van der Waals surface area (Å²) in [5.41, 5.74) is 8.27. The zero-order valence-electron chi connectivity index (χ0n) is 11.9. The molecule has 2 aromatic rings. The second-order valence-electron chi connectivity index (χ2n) is 4.68. The van der Waals surface area contributed by atoms with Gasteiger partial charge in [-0.2, -0.15) is 0 Å². The summed E-state index contributed by atoms with van der Waals surface area (Å²) >= 11 is 12.1. The van der Waals surface area contributed by atoms with Crippen molar-refractivity contribution in [2.45, 2.75) is 12.5 Å². The molecule has 0 saturated carbocycles. The molecule has 0 heterocycles. The van der Waals surface area contributed by atoms with Gasteiger partial charge in [0, 0.05) is 11.1 Å². The number of methoxy groups -OCH3 is 2. The van der Waals surface area contributed by atoms with E-state index in [1.54, 1.807) is 14.2 Å². The van der Waals surface area contributed by atoms with Crippen LogP contribution in [0.2, 0.25) is 10.0 Å². The molecule has 21 heavy (non-hydrogen) atoms. The molecule has 3 nitrogen and oxygen atoms in total. The van der Waals surface area contributed by atoms with Crippen LogP contribution in [0.5, 0.6) is 11.5 Å². The van der Waals surface area contributed by atoms with Crippen molar-refractivity contribution in [2.75, 3.05) is 14.2 Å². The van der Waals surface area contributed by atoms with Gasteiger partial charge in [-0.1, -0.05) is 35.3 Å². The van der Waals surface area contributed by atoms with Crippen molar-refractivity contribution < 1.29 is 9.47 Å². The molecular weight excluding hydrogens is 309 g/mol. The van der Waals surface area contributed by atoms with Gasteiger partial charge < -0.3 is 15.2 Å². The molecule has 0 saturated heterocycles. The highest BCUT2D eigenvalue weighted by Crippen LogP contribution is 2.37. The van der Waals surface area contributed by atoms with Crippen LogP contribution in [0.4, 0.5) is 0 Å². The third-order valence-electron chi connectivity index (χ3n) is 3.25. The maximum atomic E-state index is 6.26. The van der Waals surface area contributed by atoms with Gasteiger partial charge >= 0.3 is 0 Å². The molecule has 1 atom stereocenters. The second-order valence-corrected chi connectivity index (χ2v) is 5.52. The Kier molecular flexibility index (Phi) is 5.34. The molecule has 2 N–H and O–H groups in total. The molecule has 5 heteroatoms. The summed E-state index contributed by atoms with van der Waals surface area (Å²) in [6.07, 6.45) is 0.684. The van der Waals surface area contributed by atoms with Crippen LogP contribution in [-0.2, 0) is 6.42 Å². The predicted molar refractivity (Wildman–Crippen MR) is 86.6 cm³/mol. The van der Waals surface area contributed by atoms with E-state index in [1.165, 1.54) is 0 Å². The van der Waals surface area contributed by atoms with Crippen LogP contribution >= 0.6 is 23.2 Å². The normalized spacial score (nSPS) is 12.0. The number of hydrogen-bond donors (Lipinski definition) is 1. The van der Waals surface area contributed by atoms with Crippen molar-refractivity contribution in [3.63, 3.8) is 0 Å². The van der Waals surface area contributed by atoms with E-state index in [9.17, 15) is 0 Å². The van der Waals surface area contributed by atoms with Crippen molar-refractivity contribution >= 4 is 23.2 Å². The number of ether oxygens (including phenoxy) is 2. The molecule has 112 valence electrons. The lowest BCUT2D eigenvalue weighted by molar-refractivity contribution is 0.354. The van der Waals surface area contributed by atoms with Crippen LogP contribution in [0.1, 0.15) is 17.2 Å². The molecule has 0 aliphatic rings. The standard InChI is InChI=1S/C16H17Cl2NO2/c1-20-15-9-11(8-13(18)16(15)21-2)14(19)7-10-3-5-12(17)6-4-10/h3-6,8-9,14H,7,19H2,1-2H3. The number of nitrogens with two attached hydrogens (primary N) is 1. The Labute approximate surface area is 134 Å². The molecule has 0 amide bonds. The first-order valence-electron chi connectivity index (χ1n) is 6.46. The molecular formula is C16H17Cl2NO2. The van der Waals surface area contributed by atoms with Crippen LogP contribution in [0.3, 0.4) is 0 Å². The van der Waals surface area contributed by atoms with E-state index in [0.29, 0.717) is 28.0 Å². The van der Waals surface area contributed by atoms with Gasteiger partial charge in [0.1, 0.15) is 0 Å². The third-order valence-corrected chi connectivity index (χ3v) is 3.79. The summed E-state index contributed by atoms with van der Waals surface area (Å²) in [7, 11) is 3.12. The Morgan fingerprint density at radius 2 is 1.71 bits per heavy atom. The Morgan fingerprint density at radius 1 is 1.05 bits per heavy atom. The van der Waals surface area contributed by atoms with Gasteiger partial charge in [0.2, 0.25) is 0 Å². The van der Waals surface area contributed by atoms with E-state index < -0.39 is 0 Å². The molecule has 0 aliphatic heterocycles. The lowest BCUT2D eigenvalue weighted by atomic mass is 9.99. The van der Waals surface area contributed by atoms with Gasteiger partial charge in [-0.25, -0.2) is 0 Å². The highest BCUT2D eigenvalue weighted by atomic mass is 35.5. The minimum absolute atomic E-state index is 0.191. The fourth-order valence-corrected chi connectivity index (χ4v) is 2.57. The number of hydrogen-bond acceptors (Lipinski definition) is 3. The summed E-state index contributed by atoms with van der Waals surface area (Å²) in [6.45, 7) is 0. The van der Waals surface area contributed by atoms with E-state index in [-0.39, 0.29) is 6.04 Å². The van der Waals surface area contributed by atoms with E-state index >= 15 is 0 Å².